The number of fused-ring (bicyclic) bond motifs is 1. The van der Waals surface area contributed by atoms with E-state index in [-0.39, 0.29) is 16.9 Å². The molecule has 1 aromatic carbocycles. The molecule has 1 heterocycles. The highest BCUT2D eigenvalue weighted by Crippen LogP contribution is 2.35. The summed E-state index contributed by atoms with van der Waals surface area (Å²) >= 11 is 0. The van der Waals surface area contributed by atoms with Crippen LogP contribution in [0.25, 0.3) is 0 Å². The molecule has 0 saturated heterocycles. The molecule has 0 radical (unpaired) electrons. The van der Waals surface area contributed by atoms with E-state index in [2.05, 4.69) is 50.0 Å². The number of H-pyrrole nitrogens is 1. The zero-order valence-corrected chi connectivity index (χ0v) is 12.9. The van der Waals surface area contributed by atoms with E-state index in [9.17, 15) is 4.79 Å². The standard InChI is InChI=1S/C18H22N2O/c1-18(2,3)15-11-16(21)20-17(19-15)14-10-6-8-12-7-4-5-9-13(12)14/h4-5,7,9,11,14H,6,8,10H2,1-3H3,(H,19,20,21). The molecule has 0 amide bonds. The quantitative estimate of drug-likeness (QED) is 0.869. The van der Waals surface area contributed by atoms with Crippen LogP contribution in [0.4, 0.5) is 0 Å². The van der Waals surface area contributed by atoms with Crippen molar-refractivity contribution < 1.29 is 0 Å². The van der Waals surface area contributed by atoms with Gasteiger partial charge in [-0.1, -0.05) is 45.0 Å². The highest BCUT2D eigenvalue weighted by molar-refractivity contribution is 5.36. The van der Waals surface area contributed by atoms with Gasteiger partial charge in [0.25, 0.3) is 5.56 Å². The Balaban J connectivity index is 2.10. The average molecular weight is 282 g/mol. The number of aromatic amines is 1. The van der Waals surface area contributed by atoms with Crippen LogP contribution < -0.4 is 5.56 Å². The first-order valence-corrected chi connectivity index (χ1v) is 7.65. The van der Waals surface area contributed by atoms with Gasteiger partial charge in [-0.05, 0) is 30.4 Å². The molecule has 0 aliphatic heterocycles. The molecule has 2 aromatic rings. The van der Waals surface area contributed by atoms with Crippen LogP contribution in [-0.4, -0.2) is 9.97 Å². The number of hydrogen-bond acceptors (Lipinski definition) is 2. The van der Waals surface area contributed by atoms with Gasteiger partial charge >= 0.3 is 0 Å². The van der Waals surface area contributed by atoms with Crippen molar-refractivity contribution in [3.05, 3.63) is 63.3 Å². The van der Waals surface area contributed by atoms with E-state index in [1.54, 1.807) is 6.07 Å². The van der Waals surface area contributed by atoms with Crippen molar-refractivity contribution in [3.8, 4) is 0 Å². The summed E-state index contributed by atoms with van der Waals surface area (Å²) in [6.07, 6.45) is 3.31. The summed E-state index contributed by atoms with van der Waals surface area (Å²) in [5.41, 5.74) is 3.41. The van der Waals surface area contributed by atoms with E-state index in [1.165, 1.54) is 11.1 Å². The zero-order chi connectivity index (χ0) is 15.0. The second-order valence-corrected chi connectivity index (χ2v) is 6.91. The third-order valence-corrected chi connectivity index (χ3v) is 4.23. The molecule has 3 heteroatoms. The third-order valence-electron chi connectivity index (χ3n) is 4.23. The lowest BCUT2D eigenvalue weighted by atomic mass is 9.82. The van der Waals surface area contributed by atoms with Gasteiger partial charge < -0.3 is 4.98 Å². The largest absolute Gasteiger partial charge is 0.310 e. The molecular weight excluding hydrogens is 260 g/mol. The number of nitrogens with zero attached hydrogens (tertiary/aromatic N) is 1. The minimum absolute atomic E-state index is 0.0482. The molecular formula is C18H22N2O. The summed E-state index contributed by atoms with van der Waals surface area (Å²) in [7, 11) is 0. The second kappa shape index (κ2) is 5.14. The fourth-order valence-electron chi connectivity index (χ4n) is 3.06. The van der Waals surface area contributed by atoms with E-state index >= 15 is 0 Å². The monoisotopic (exact) mass is 282 g/mol. The SMILES string of the molecule is CC(C)(C)c1cc(=O)[nH]c(C2CCCc3ccccc32)n1. The summed E-state index contributed by atoms with van der Waals surface area (Å²) < 4.78 is 0. The molecule has 3 nitrogen and oxygen atoms in total. The van der Waals surface area contributed by atoms with Gasteiger partial charge in [0.15, 0.2) is 0 Å². The Bertz CT molecular complexity index is 710. The van der Waals surface area contributed by atoms with Crippen LogP contribution in [0.1, 0.15) is 62.2 Å². The molecule has 0 bridgehead atoms. The molecule has 1 aliphatic carbocycles. The number of nitrogens with one attached hydrogen (secondary N) is 1. The smallest absolute Gasteiger partial charge is 0.251 e. The first kappa shape index (κ1) is 14.1. The Labute approximate surface area is 125 Å². The van der Waals surface area contributed by atoms with Gasteiger partial charge in [-0.15, -0.1) is 0 Å². The lowest BCUT2D eigenvalue weighted by molar-refractivity contribution is 0.541. The summed E-state index contributed by atoms with van der Waals surface area (Å²) in [6.45, 7) is 6.27. The number of hydrogen-bond donors (Lipinski definition) is 1. The molecule has 110 valence electrons. The normalized spacial score (nSPS) is 18.3. The summed E-state index contributed by atoms with van der Waals surface area (Å²) in [6, 6.07) is 10.1. The summed E-state index contributed by atoms with van der Waals surface area (Å²) in [5.74, 6) is 1.03. The Morgan fingerprint density at radius 2 is 2.00 bits per heavy atom. The molecule has 3 rings (SSSR count). The van der Waals surface area contributed by atoms with Crippen molar-refractivity contribution in [1.29, 1.82) is 0 Å². The van der Waals surface area contributed by atoms with Gasteiger partial charge in [-0.25, -0.2) is 4.98 Å². The summed E-state index contributed by atoms with van der Waals surface area (Å²) in [5, 5.41) is 0. The minimum Gasteiger partial charge on any atom is -0.310 e. The van der Waals surface area contributed by atoms with Crippen molar-refractivity contribution in [2.75, 3.05) is 0 Å². The van der Waals surface area contributed by atoms with Gasteiger partial charge in [-0.2, -0.15) is 0 Å². The van der Waals surface area contributed by atoms with Crippen LogP contribution in [0.5, 0.6) is 0 Å². The Hall–Kier alpha value is -1.90. The van der Waals surface area contributed by atoms with Gasteiger partial charge in [0.2, 0.25) is 0 Å². The van der Waals surface area contributed by atoms with Crippen molar-refractivity contribution in [3.63, 3.8) is 0 Å². The van der Waals surface area contributed by atoms with Crippen LogP contribution in [0.15, 0.2) is 35.1 Å². The molecule has 1 N–H and O–H groups in total. The molecule has 1 aromatic heterocycles. The Morgan fingerprint density at radius 3 is 2.76 bits per heavy atom. The number of rotatable bonds is 1. The number of benzene rings is 1. The highest BCUT2D eigenvalue weighted by atomic mass is 16.1. The first-order chi connectivity index (χ1) is 9.95. The molecule has 0 saturated carbocycles. The van der Waals surface area contributed by atoms with Crippen molar-refractivity contribution in [2.24, 2.45) is 0 Å². The van der Waals surface area contributed by atoms with E-state index in [0.717, 1.165) is 30.8 Å². The maximum Gasteiger partial charge on any atom is 0.251 e. The van der Waals surface area contributed by atoms with E-state index in [4.69, 9.17) is 4.98 Å². The number of aryl methyl sites for hydroxylation is 1. The van der Waals surface area contributed by atoms with Gasteiger partial charge in [0, 0.05) is 17.4 Å². The topological polar surface area (TPSA) is 45.8 Å². The van der Waals surface area contributed by atoms with E-state index in [1.807, 2.05) is 0 Å². The van der Waals surface area contributed by atoms with Gasteiger partial charge in [-0.3, -0.25) is 4.79 Å². The molecule has 1 unspecified atom stereocenters. The lowest BCUT2D eigenvalue weighted by Crippen LogP contribution is -2.24. The Kier molecular flexibility index (Phi) is 3.44. The van der Waals surface area contributed by atoms with Crippen molar-refractivity contribution in [1.82, 2.24) is 9.97 Å². The zero-order valence-electron chi connectivity index (χ0n) is 12.9. The first-order valence-electron chi connectivity index (χ1n) is 7.65. The predicted octanol–water partition coefficient (Wildman–Crippen LogP) is 3.54. The van der Waals surface area contributed by atoms with E-state index in [0.29, 0.717) is 0 Å². The predicted molar refractivity (Wildman–Crippen MR) is 84.8 cm³/mol. The highest BCUT2D eigenvalue weighted by Gasteiger charge is 2.25. The second-order valence-electron chi connectivity index (χ2n) is 6.91. The average Bonchev–Trinajstić information content (AvgIpc) is 2.45. The minimum atomic E-state index is -0.114. The van der Waals surface area contributed by atoms with Crippen molar-refractivity contribution in [2.45, 2.75) is 51.4 Å². The number of aromatic nitrogens is 2. The fraction of sp³-hybridized carbons (Fsp3) is 0.444. The fourth-order valence-corrected chi connectivity index (χ4v) is 3.06. The summed E-state index contributed by atoms with van der Waals surface area (Å²) in [4.78, 5) is 19.8. The van der Waals surface area contributed by atoms with Gasteiger partial charge in [0.05, 0.1) is 5.69 Å². The maximum atomic E-state index is 12.0. The van der Waals surface area contributed by atoms with Crippen LogP contribution in [-0.2, 0) is 11.8 Å². The van der Waals surface area contributed by atoms with Crippen LogP contribution >= 0.6 is 0 Å². The molecule has 21 heavy (non-hydrogen) atoms. The molecule has 0 fully saturated rings. The molecule has 1 aliphatic rings. The van der Waals surface area contributed by atoms with Crippen LogP contribution in [0.3, 0.4) is 0 Å². The lowest BCUT2D eigenvalue weighted by Gasteiger charge is -2.26. The molecule has 1 atom stereocenters. The third kappa shape index (κ3) is 2.78. The Morgan fingerprint density at radius 1 is 1.24 bits per heavy atom. The maximum absolute atomic E-state index is 12.0. The van der Waals surface area contributed by atoms with Crippen LogP contribution in [0, 0.1) is 0 Å². The van der Waals surface area contributed by atoms with Crippen molar-refractivity contribution >= 4 is 0 Å². The van der Waals surface area contributed by atoms with E-state index < -0.39 is 0 Å². The molecule has 0 spiro atoms. The van der Waals surface area contributed by atoms with Gasteiger partial charge in [0.1, 0.15) is 5.82 Å². The van der Waals surface area contributed by atoms with Crippen LogP contribution in [0.2, 0.25) is 0 Å².